The molecule has 1 amide bonds. The van der Waals surface area contributed by atoms with E-state index in [0.717, 1.165) is 5.56 Å². The quantitative estimate of drug-likeness (QED) is 0.569. The lowest BCUT2D eigenvalue weighted by molar-refractivity contribution is 0.102. The normalized spacial score (nSPS) is 10.9. The zero-order chi connectivity index (χ0) is 20.5. The van der Waals surface area contributed by atoms with Gasteiger partial charge >= 0.3 is 0 Å². The number of anilines is 2. The van der Waals surface area contributed by atoms with Gasteiger partial charge in [0.25, 0.3) is 5.91 Å². The molecule has 0 bridgehead atoms. The molecule has 0 atom stereocenters. The highest BCUT2D eigenvalue weighted by Gasteiger charge is 2.18. The first-order chi connectivity index (χ1) is 13.9. The molecule has 146 valence electrons. The van der Waals surface area contributed by atoms with Gasteiger partial charge in [0.1, 0.15) is 28.8 Å². The molecule has 6 nitrogen and oxygen atoms in total. The standard InChI is InChI=1S/C22H20FN5O/c1-14-9-11-28-19(12-14)25-20(15-4-6-17(23)7-5-15)21(28)26-22(29)16-8-10-24-18(13-16)27(2)3/h4-13H,1-3H3,(H,26,29). The number of rotatable bonds is 4. The van der Waals surface area contributed by atoms with Crippen LogP contribution in [0.5, 0.6) is 0 Å². The third-order valence-corrected chi connectivity index (χ3v) is 4.60. The number of aryl methyl sites for hydroxylation is 1. The van der Waals surface area contributed by atoms with Gasteiger partial charge in [-0.2, -0.15) is 0 Å². The molecule has 1 aromatic carbocycles. The number of aromatic nitrogens is 3. The Morgan fingerprint density at radius 3 is 2.59 bits per heavy atom. The number of benzene rings is 1. The SMILES string of the molecule is Cc1ccn2c(NC(=O)c3ccnc(N(C)C)c3)c(-c3ccc(F)cc3)nc2c1. The van der Waals surface area contributed by atoms with Gasteiger partial charge in [-0.25, -0.2) is 14.4 Å². The zero-order valence-electron chi connectivity index (χ0n) is 16.3. The molecule has 0 aliphatic carbocycles. The minimum absolute atomic E-state index is 0.277. The molecule has 0 fully saturated rings. The minimum atomic E-state index is -0.327. The Morgan fingerprint density at radius 2 is 1.86 bits per heavy atom. The van der Waals surface area contributed by atoms with Crippen LogP contribution in [0.3, 0.4) is 0 Å². The van der Waals surface area contributed by atoms with Crippen LogP contribution in [0.2, 0.25) is 0 Å². The Morgan fingerprint density at radius 1 is 1.10 bits per heavy atom. The molecule has 4 aromatic rings. The van der Waals surface area contributed by atoms with Crippen molar-refractivity contribution in [3.05, 3.63) is 77.9 Å². The van der Waals surface area contributed by atoms with Gasteiger partial charge in [-0.3, -0.25) is 9.20 Å². The number of carbonyl (C=O) groups is 1. The number of imidazole rings is 1. The fourth-order valence-corrected chi connectivity index (χ4v) is 3.06. The maximum atomic E-state index is 13.4. The van der Waals surface area contributed by atoms with Gasteiger partial charge in [-0.1, -0.05) is 0 Å². The number of carbonyl (C=O) groups excluding carboxylic acids is 1. The van der Waals surface area contributed by atoms with E-state index in [0.29, 0.717) is 34.1 Å². The van der Waals surface area contributed by atoms with Crippen LogP contribution in [0.15, 0.2) is 60.9 Å². The predicted molar refractivity (Wildman–Crippen MR) is 112 cm³/mol. The van der Waals surface area contributed by atoms with Gasteiger partial charge in [-0.05, 0) is 61.0 Å². The van der Waals surface area contributed by atoms with Gasteiger partial charge in [0.05, 0.1) is 0 Å². The maximum Gasteiger partial charge on any atom is 0.257 e. The largest absolute Gasteiger partial charge is 0.363 e. The van der Waals surface area contributed by atoms with Crippen molar-refractivity contribution in [2.45, 2.75) is 6.92 Å². The highest BCUT2D eigenvalue weighted by Crippen LogP contribution is 2.30. The molecule has 29 heavy (non-hydrogen) atoms. The van der Waals surface area contributed by atoms with Crippen LogP contribution >= 0.6 is 0 Å². The Hall–Kier alpha value is -3.74. The van der Waals surface area contributed by atoms with Crippen molar-refractivity contribution in [1.29, 1.82) is 0 Å². The number of amides is 1. The van der Waals surface area contributed by atoms with Gasteiger partial charge < -0.3 is 10.2 Å². The van der Waals surface area contributed by atoms with E-state index in [1.165, 1.54) is 12.1 Å². The van der Waals surface area contributed by atoms with Crippen LogP contribution < -0.4 is 10.2 Å². The van der Waals surface area contributed by atoms with Crippen molar-refractivity contribution < 1.29 is 9.18 Å². The summed E-state index contributed by atoms with van der Waals surface area (Å²) in [6, 6.07) is 13.3. The van der Waals surface area contributed by atoms with Crippen molar-refractivity contribution in [2.75, 3.05) is 24.3 Å². The van der Waals surface area contributed by atoms with Crippen molar-refractivity contribution in [1.82, 2.24) is 14.4 Å². The first kappa shape index (κ1) is 18.6. The van der Waals surface area contributed by atoms with Crippen LogP contribution in [0, 0.1) is 12.7 Å². The second-order valence-electron chi connectivity index (χ2n) is 7.00. The molecular weight excluding hydrogens is 369 g/mol. The Bertz CT molecular complexity index is 1200. The summed E-state index contributed by atoms with van der Waals surface area (Å²) in [5, 5.41) is 2.97. The van der Waals surface area contributed by atoms with Crippen molar-refractivity contribution in [3.8, 4) is 11.3 Å². The van der Waals surface area contributed by atoms with E-state index in [1.54, 1.807) is 30.5 Å². The van der Waals surface area contributed by atoms with Gasteiger partial charge in [-0.15, -0.1) is 0 Å². The van der Waals surface area contributed by atoms with E-state index in [9.17, 15) is 9.18 Å². The molecule has 0 saturated heterocycles. The average Bonchev–Trinajstić information content (AvgIpc) is 3.06. The number of fused-ring (bicyclic) bond motifs is 1. The highest BCUT2D eigenvalue weighted by molar-refractivity contribution is 6.06. The van der Waals surface area contributed by atoms with Crippen molar-refractivity contribution in [2.24, 2.45) is 0 Å². The summed E-state index contributed by atoms with van der Waals surface area (Å²) in [4.78, 5) is 23.7. The van der Waals surface area contributed by atoms with Gasteiger partial charge in [0.15, 0.2) is 0 Å². The number of nitrogens with one attached hydrogen (secondary N) is 1. The Labute approximate surface area is 167 Å². The van der Waals surface area contributed by atoms with Crippen LogP contribution in [-0.2, 0) is 0 Å². The maximum absolute atomic E-state index is 13.4. The predicted octanol–water partition coefficient (Wildman–Crippen LogP) is 4.16. The molecule has 3 aromatic heterocycles. The number of hydrogen-bond acceptors (Lipinski definition) is 4. The monoisotopic (exact) mass is 389 g/mol. The molecule has 7 heteroatoms. The number of halogens is 1. The van der Waals surface area contributed by atoms with E-state index < -0.39 is 0 Å². The molecule has 0 radical (unpaired) electrons. The smallest absolute Gasteiger partial charge is 0.257 e. The molecular formula is C22H20FN5O. The molecule has 1 N–H and O–H groups in total. The third-order valence-electron chi connectivity index (χ3n) is 4.60. The molecule has 0 aliphatic heterocycles. The van der Waals surface area contributed by atoms with Crippen molar-refractivity contribution >= 4 is 23.2 Å². The molecule has 0 unspecified atom stereocenters. The second kappa shape index (κ2) is 7.35. The summed E-state index contributed by atoms with van der Waals surface area (Å²) in [6.45, 7) is 1.98. The summed E-state index contributed by atoms with van der Waals surface area (Å²) < 4.78 is 15.2. The van der Waals surface area contributed by atoms with E-state index in [4.69, 9.17) is 0 Å². The average molecular weight is 389 g/mol. The fourth-order valence-electron chi connectivity index (χ4n) is 3.06. The minimum Gasteiger partial charge on any atom is -0.363 e. The van der Waals surface area contributed by atoms with E-state index >= 15 is 0 Å². The summed E-state index contributed by atoms with van der Waals surface area (Å²) in [5.74, 6) is 0.609. The Balaban J connectivity index is 1.79. The molecule has 3 heterocycles. The number of pyridine rings is 2. The number of nitrogens with zero attached hydrogens (tertiary/aromatic N) is 4. The Kier molecular flexibility index (Phi) is 4.72. The van der Waals surface area contributed by atoms with Crippen LogP contribution in [0.4, 0.5) is 16.0 Å². The lowest BCUT2D eigenvalue weighted by atomic mass is 10.1. The second-order valence-corrected chi connectivity index (χ2v) is 7.00. The van der Waals surface area contributed by atoms with Crippen LogP contribution in [0.1, 0.15) is 15.9 Å². The summed E-state index contributed by atoms with van der Waals surface area (Å²) in [5.41, 5.74) is 3.52. The molecule has 0 aliphatic rings. The fraction of sp³-hybridized carbons (Fsp3) is 0.136. The summed E-state index contributed by atoms with van der Waals surface area (Å²) in [7, 11) is 3.73. The van der Waals surface area contributed by atoms with Gasteiger partial charge in [0.2, 0.25) is 0 Å². The first-order valence-electron chi connectivity index (χ1n) is 9.12. The molecule has 4 rings (SSSR count). The van der Waals surface area contributed by atoms with E-state index in [1.807, 2.05) is 48.6 Å². The molecule has 0 spiro atoms. The third kappa shape index (κ3) is 3.67. The van der Waals surface area contributed by atoms with E-state index in [2.05, 4.69) is 15.3 Å². The lowest BCUT2D eigenvalue weighted by Crippen LogP contribution is -2.16. The molecule has 0 saturated carbocycles. The summed E-state index contributed by atoms with van der Waals surface area (Å²) >= 11 is 0. The van der Waals surface area contributed by atoms with E-state index in [-0.39, 0.29) is 11.7 Å². The topological polar surface area (TPSA) is 62.5 Å². The summed E-state index contributed by atoms with van der Waals surface area (Å²) in [6.07, 6.45) is 3.46. The van der Waals surface area contributed by atoms with Gasteiger partial charge in [0, 0.05) is 37.6 Å². The lowest BCUT2D eigenvalue weighted by Gasteiger charge is -2.12. The van der Waals surface area contributed by atoms with Crippen LogP contribution in [-0.4, -0.2) is 34.4 Å². The zero-order valence-corrected chi connectivity index (χ0v) is 16.3. The van der Waals surface area contributed by atoms with Crippen molar-refractivity contribution in [3.63, 3.8) is 0 Å². The highest BCUT2D eigenvalue weighted by atomic mass is 19.1. The number of hydrogen-bond donors (Lipinski definition) is 1. The first-order valence-corrected chi connectivity index (χ1v) is 9.12. The van der Waals surface area contributed by atoms with Crippen LogP contribution in [0.25, 0.3) is 16.9 Å².